The molecule has 3 heteroatoms. The van der Waals surface area contributed by atoms with Crippen LogP contribution in [0.4, 0.5) is 0 Å². The van der Waals surface area contributed by atoms with Gasteiger partial charge in [0.2, 0.25) is 0 Å². The summed E-state index contributed by atoms with van der Waals surface area (Å²) in [7, 11) is 0. The highest BCUT2D eigenvalue weighted by molar-refractivity contribution is 5.67. The molecule has 1 aliphatic rings. The van der Waals surface area contributed by atoms with Crippen LogP contribution in [0.5, 0.6) is 0 Å². The molecule has 3 N–H and O–H groups in total. The fourth-order valence-electron chi connectivity index (χ4n) is 2.39. The first-order valence-electron chi connectivity index (χ1n) is 5.53. The van der Waals surface area contributed by atoms with E-state index in [2.05, 4.69) is 13.8 Å². The van der Waals surface area contributed by atoms with Crippen LogP contribution in [0, 0.1) is 17.8 Å². The minimum absolute atomic E-state index is 0.107. The third-order valence-corrected chi connectivity index (χ3v) is 3.47. The molecule has 1 rings (SSSR count). The molecule has 14 heavy (non-hydrogen) atoms. The first kappa shape index (κ1) is 11.5. The van der Waals surface area contributed by atoms with E-state index in [-0.39, 0.29) is 12.5 Å². The zero-order chi connectivity index (χ0) is 10.7. The van der Waals surface area contributed by atoms with Gasteiger partial charge >= 0.3 is 5.97 Å². The predicted octanol–water partition coefficient (Wildman–Crippen LogP) is 1.86. The lowest BCUT2D eigenvalue weighted by Crippen LogP contribution is -2.36. The van der Waals surface area contributed by atoms with Gasteiger partial charge in [-0.15, -0.1) is 0 Å². The van der Waals surface area contributed by atoms with Gasteiger partial charge in [-0.2, -0.15) is 0 Å². The molecule has 3 nitrogen and oxygen atoms in total. The SMILES string of the molecule is CCC(C(N)CC(=O)O)C(C)C1CC1. The highest BCUT2D eigenvalue weighted by Crippen LogP contribution is 2.42. The second-order valence-electron chi connectivity index (χ2n) is 4.53. The van der Waals surface area contributed by atoms with Crippen LogP contribution in [0.3, 0.4) is 0 Å². The highest BCUT2D eigenvalue weighted by atomic mass is 16.4. The van der Waals surface area contributed by atoms with Gasteiger partial charge in [0.05, 0.1) is 6.42 Å². The second-order valence-corrected chi connectivity index (χ2v) is 4.53. The minimum Gasteiger partial charge on any atom is -0.481 e. The zero-order valence-electron chi connectivity index (χ0n) is 9.07. The maximum Gasteiger partial charge on any atom is 0.304 e. The Bertz CT molecular complexity index is 201. The van der Waals surface area contributed by atoms with Gasteiger partial charge in [-0.3, -0.25) is 4.79 Å². The zero-order valence-corrected chi connectivity index (χ0v) is 9.07. The molecule has 82 valence electrons. The largest absolute Gasteiger partial charge is 0.481 e. The van der Waals surface area contributed by atoms with Gasteiger partial charge in [0.1, 0.15) is 0 Å². The van der Waals surface area contributed by atoms with Crippen molar-refractivity contribution in [1.29, 1.82) is 0 Å². The molecule has 0 bridgehead atoms. The smallest absolute Gasteiger partial charge is 0.304 e. The first-order chi connectivity index (χ1) is 6.56. The van der Waals surface area contributed by atoms with Crippen LogP contribution in [-0.4, -0.2) is 17.1 Å². The number of aliphatic carboxylic acids is 1. The molecule has 0 heterocycles. The molecule has 0 amide bonds. The van der Waals surface area contributed by atoms with E-state index in [0.29, 0.717) is 11.8 Å². The Kier molecular flexibility index (Phi) is 3.93. The lowest BCUT2D eigenvalue weighted by molar-refractivity contribution is -0.137. The predicted molar refractivity (Wildman–Crippen MR) is 55.9 cm³/mol. The van der Waals surface area contributed by atoms with Crippen LogP contribution in [0.25, 0.3) is 0 Å². The van der Waals surface area contributed by atoms with Crippen LogP contribution < -0.4 is 5.73 Å². The first-order valence-corrected chi connectivity index (χ1v) is 5.53. The van der Waals surface area contributed by atoms with Crippen molar-refractivity contribution in [3.8, 4) is 0 Å². The van der Waals surface area contributed by atoms with E-state index in [9.17, 15) is 4.79 Å². The number of nitrogens with two attached hydrogens (primary N) is 1. The molecule has 0 saturated heterocycles. The Balaban J connectivity index is 2.46. The summed E-state index contributed by atoms with van der Waals surface area (Å²) in [6.45, 7) is 4.32. The van der Waals surface area contributed by atoms with Crippen molar-refractivity contribution < 1.29 is 9.90 Å². The van der Waals surface area contributed by atoms with Crippen LogP contribution in [-0.2, 0) is 4.79 Å². The molecule has 0 radical (unpaired) electrons. The van der Waals surface area contributed by atoms with Crippen LogP contribution in [0.15, 0.2) is 0 Å². The van der Waals surface area contributed by atoms with E-state index >= 15 is 0 Å². The van der Waals surface area contributed by atoms with Crippen molar-refractivity contribution in [2.75, 3.05) is 0 Å². The average Bonchev–Trinajstić information content (AvgIpc) is 2.85. The van der Waals surface area contributed by atoms with Gasteiger partial charge in [0.15, 0.2) is 0 Å². The van der Waals surface area contributed by atoms with Crippen molar-refractivity contribution in [1.82, 2.24) is 0 Å². The van der Waals surface area contributed by atoms with Gasteiger partial charge in [0.25, 0.3) is 0 Å². The van der Waals surface area contributed by atoms with Gasteiger partial charge in [-0.05, 0) is 30.6 Å². The van der Waals surface area contributed by atoms with E-state index in [0.717, 1.165) is 12.3 Å². The topological polar surface area (TPSA) is 63.3 Å². The van der Waals surface area contributed by atoms with Crippen molar-refractivity contribution in [3.05, 3.63) is 0 Å². The van der Waals surface area contributed by atoms with Gasteiger partial charge in [-0.1, -0.05) is 20.3 Å². The second kappa shape index (κ2) is 4.78. The average molecular weight is 199 g/mol. The third kappa shape index (κ3) is 2.98. The Labute approximate surface area is 85.7 Å². The summed E-state index contributed by atoms with van der Waals surface area (Å²) in [5, 5.41) is 8.68. The summed E-state index contributed by atoms with van der Waals surface area (Å²) < 4.78 is 0. The minimum atomic E-state index is -0.779. The lowest BCUT2D eigenvalue weighted by atomic mass is 9.81. The van der Waals surface area contributed by atoms with E-state index in [1.54, 1.807) is 0 Å². The molecular formula is C11H21NO2. The van der Waals surface area contributed by atoms with E-state index in [4.69, 9.17) is 10.8 Å². The van der Waals surface area contributed by atoms with Gasteiger partial charge in [-0.25, -0.2) is 0 Å². The molecule has 0 aromatic carbocycles. The molecule has 1 aliphatic carbocycles. The molecule has 3 atom stereocenters. The summed E-state index contributed by atoms with van der Waals surface area (Å²) in [5.41, 5.74) is 5.92. The van der Waals surface area contributed by atoms with Crippen molar-refractivity contribution in [3.63, 3.8) is 0 Å². The van der Waals surface area contributed by atoms with Crippen molar-refractivity contribution in [2.45, 2.75) is 45.6 Å². The number of hydrogen-bond acceptors (Lipinski definition) is 2. The van der Waals surface area contributed by atoms with Crippen LogP contribution >= 0.6 is 0 Å². The van der Waals surface area contributed by atoms with Gasteiger partial charge < -0.3 is 10.8 Å². The summed E-state index contributed by atoms with van der Waals surface area (Å²) in [4.78, 5) is 10.6. The maximum absolute atomic E-state index is 10.6. The van der Waals surface area contributed by atoms with Crippen molar-refractivity contribution >= 4 is 5.97 Å². The molecule has 3 unspecified atom stereocenters. The lowest BCUT2D eigenvalue weighted by Gasteiger charge is -2.27. The molecule has 0 spiro atoms. The van der Waals surface area contributed by atoms with E-state index in [1.165, 1.54) is 12.8 Å². The third-order valence-electron chi connectivity index (χ3n) is 3.47. The number of rotatable bonds is 6. The van der Waals surface area contributed by atoms with Crippen molar-refractivity contribution in [2.24, 2.45) is 23.5 Å². The summed E-state index contributed by atoms with van der Waals surface area (Å²) in [6.07, 6.45) is 3.70. The maximum atomic E-state index is 10.6. The molecule has 1 fully saturated rings. The Morgan fingerprint density at radius 1 is 1.57 bits per heavy atom. The molecule has 0 aromatic heterocycles. The fourth-order valence-corrected chi connectivity index (χ4v) is 2.39. The molecule has 0 aromatic rings. The number of hydrogen-bond donors (Lipinski definition) is 2. The summed E-state index contributed by atoms with van der Waals surface area (Å²) in [6, 6.07) is -0.173. The summed E-state index contributed by atoms with van der Waals surface area (Å²) >= 11 is 0. The molecular weight excluding hydrogens is 178 g/mol. The molecule has 1 saturated carbocycles. The van der Waals surface area contributed by atoms with Crippen LogP contribution in [0.1, 0.15) is 39.5 Å². The molecule has 0 aliphatic heterocycles. The number of carboxylic acid groups (broad SMARTS) is 1. The van der Waals surface area contributed by atoms with E-state index < -0.39 is 5.97 Å². The van der Waals surface area contributed by atoms with E-state index in [1.807, 2.05) is 0 Å². The normalized spacial score (nSPS) is 22.8. The summed E-state index contributed by atoms with van der Waals surface area (Å²) in [5.74, 6) is 0.992. The fraction of sp³-hybridized carbons (Fsp3) is 0.909. The van der Waals surface area contributed by atoms with Gasteiger partial charge in [0, 0.05) is 6.04 Å². The standard InChI is InChI=1S/C11H21NO2/c1-3-9(7(2)8-4-5-8)10(12)6-11(13)14/h7-10H,3-6,12H2,1-2H3,(H,13,14). The Hall–Kier alpha value is -0.570. The Morgan fingerprint density at radius 3 is 2.50 bits per heavy atom. The Morgan fingerprint density at radius 2 is 2.14 bits per heavy atom. The number of carbonyl (C=O) groups is 1. The quantitative estimate of drug-likeness (QED) is 0.686. The highest BCUT2D eigenvalue weighted by Gasteiger charge is 2.35. The monoisotopic (exact) mass is 199 g/mol. The van der Waals surface area contributed by atoms with Crippen LogP contribution in [0.2, 0.25) is 0 Å². The number of carboxylic acids is 1.